The van der Waals surface area contributed by atoms with Crippen molar-refractivity contribution in [2.75, 3.05) is 37.6 Å². The third-order valence-electron chi connectivity index (χ3n) is 5.88. The van der Waals surface area contributed by atoms with E-state index in [2.05, 4.69) is 47.2 Å². The number of carbonyl (C=O) groups is 1. The molecule has 4 nitrogen and oxygen atoms in total. The second-order valence-electron chi connectivity index (χ2n) is 7.74. The summed E-state index contributed by atoms with van der Waals surface area (Å²) in [5.41, 5.74) is 4.08. The molecule has 25 heavy (non-hydrogen) atoms. The Balaban J connectivity index is 1.45. The Hall–Kier alpha value is -1.55. The van der Waals surface area contributed by atoms with Gasteiger partial charge in [-0.2, -0.15) is 0 Å². The van der Waals surface area contributed by atoms with Gasteiger partial charge in [-0.15, -0.1) is 0 Å². The monoisotopic (exact) mass is 343 g/mol. The Morgan fingerprint density at radius 2 is 1.72 bits per heavy atom. The molecule has 4 heteroatoms. The fourth-order valence-electron chi connectivity index (χ4n) is 4.13. The molecule has 1 heterocycles. The SMILES string of the molecule is Cc1cccc(N2CCN(CC(=O)NC3CCCCCC3)CC2)c1C. The topological polar surface area (TPSA) is 35.6 Å². The lowest BCUT2D eigenvalue weighted by atomic mass is 10.1. The second-order valence-corrected chi connectivity index (χ2v) is 7.74. The first-order valence-electron chi connectivity index (χ1n) is 9.96. The maximum absolute atomic E-state index is 12.4. The fourth-order valence-corrected chi connectivity index (χ4v) is 4.13. The van der Waals surface area contributed by atoms with Gasteiger partial charge >= 0.3 is 0 Å². The van der Waals surface area contributed by atoms with Crippen molar-refractivity contribution < 1.29 is 4.79 Å². The van der Waals surface area contributed by atoms with Gasteiger partial charge in [0.15, 0.2) is 0 Å². The highest BCUT2D eigenvalue weighted by Crippen LogP contribution is 2.23. The Morgan fingerprint density at radius 1 is 1.04 bits per heavy atom. The molecule has 1 N–H and O–H groups in total. The average molecular weight is 344 g/mol. The minimum absolute atomic E-state index is 0.215. The molecule has 0 bridgehead atoms. The number of aryl methyl sites for hydroxylation is 1. The van der Waals surface area contributed by atoms with Crippen LogP contribution in [0.3, 0.4) is 0 Å². The van der Waals surface area contributed by atoms with Gasteiger partial charge in [0.1, 0.15) is 0 Å². The first kappa shape index (κ1) is 18.2. The lowest BCUT2D eigenvalue weighted by Gasteiger charge is -2.36. The number of hydrogen-bond acceptors (Lipinski definition) is 3. The number of nitrogens with zero attached hydrogens (tertiary/aromatic N) is 2. The molecule has 0 unspecified atom stereocenters. The number of nitrogens with one attached hydrogen (secondary N) is 1. The van der Waals surface area contributed by atoms with Crippen molar-refractivity contribution in [1.82, 2.24) is 10.2 Å². The van der Waals surface area contributed by atoms with Crippen molar-refractivity contribution >= 4 is 11.6 Å². The largest absolute Gasteiger partial charge is 0.369 e. The molecule has 1 aliphatic carbocycles. The predicted molar refractivity (Wildman–Crippen MR) is 104 cm³/mol. The second kappa shape index (κ2) is 8.70. The summed E-state index contributed by atoms with van der Waals surface area (Å²) in [4.78, 5) is 17.1. The van der Waals surface area contributed by atoms with Gasteiger partial charge in [0.25, 0.3) is 0 Å². The standard InChI is InChI=1S/C21H33N3O/c1-17-8-7-11-20(18(17)2)24-14-12-23(13-15-24)16-21(25)22-19-9-5-3-4-6-10-19/h7-8,11,19H,3-6,9-10,12-16H2,1-2H3,(H,22,25). The number of amides is 1. The van der Waals surface area contributed by atoms with Crippen molar-refractivity contribution in [1.29, 1.82) is 0 Å². The van der Waals surface area contributed by atoms with Crippen LogP contribution in [0.1, 0.15) is 49.7 Å². The van der Waals surface area contributed by atoms with E-state index in [1.54, 1.807) is 0 Å². The van der Waals surface area contributed by atoms with E-state index in [4.69, 9.17) is 0 Å². The lowest BCUT2D eigenvalue weighted by Crippen LogP contribution is -2.50. The van der Waals surface area contributed by atoms with Crippen LogP contribution in [0, 0.1) is 13.8 Å². The number of carbonyl (C=O) groups excluding carboxylic acids is 1. The van der Waals surface area contributed by atoms with Crippen LogP contribution >= 0.6 is 0 Å². The van der Waals surface area contributed by atoms with Crippen molar-refractivity contribution in [3.8, 4) is 0 Å². The molecule has 2 fully saturated rings. The Labute approximate surface area is 152 Å². The predicted octanol–water partition coefficient (Wildman–Crippen LogP) is 3.26. The summed E-state index contributed by atoms with van der Waals surface area (Å²) in [6.45, 7) is 8.86. The van der Waals surface area contributed by atoms with E-state index in [-0.39, 0.29) is 5.91 Å². The van der Waals surface area contributed by atoms with Gasteiger partial charge in [-0.25, -0.2) is 0 Å². The van der Waals surface area contributed by atoms with Crippen molar-refractivity contribution in [2.45, 2.75) is 58.4 Å². The zero-order valence-corrected chi connectivity index (χ0v) is 15.9. The zero-order valence-electron chi connectivity index (χ0n) is 15.9. The molecule has 2 aliphatic rings. The molecule has 3 rings (SSSR count). The van der Waals surface area contributed by atoms with Gasteiger partial charge in [-0.3, -0.25) is 9.69 Å². The van der Waals surface area contributed by atoms with Gasteiger partial charge < -0.3 is 10.2 Å². The summed E-state index contributed by atoms with van der Waals surface area (Å²) in [6.07, 6.45) is 7.50. The molecule has 0 atom stereocenters. The van der Waals surface area contributed by atoms with Crippen molar-refractivity contribution in [3.05, 3.63) is 29.3 Å². The van der Waals surface area contributed by atoms with E-state index in [0.29, 0.717) is 12.6 Å². The number of benzene rings is 1. The molecule has 0 radical (unpaired) electrons. The zero-order chi connectivity index (χ0) is 17.6. The first-order valence-corrected chi connectivity index (χ1v) is 9.96. The van der Waals surface area contributed by atoms with Gasteiger partial charge in [-0.1, -0.05) is 37.8 Å². The van der Waals surface area contributed by atoms with Crippen molar-refractivity contribution in [3.63, 3.8) is 0 Å². The highest BCUT2D eigenvalue weighted by Gasteiger charge is 2.22. The number of rotatable bonds is 4. The van der Waals surface area contributed by atoms with Gasteiger partial charge in [0, 0.05) is 37.9 Å². The van der Waals surface area contributed by atoms with E-state index in [1.807, 2.05) is 0 Å². The molecule has 1 saturated heterocycles. The molecule has 1 amide bonds. The molecule has 0 aromatic heterocycles. The van der Waals surface area contributed by atoms with Crippen LogP contribution < -0.4 is 10.2 Å². The van der Waals surface area contributed by atoms with Gasteiger partial charge in [0.2, 0.25) is 5.91 Å². The molecule has 0 spiro atoms. The highest BCUT2D eigenvalue weighted by molar-refractivity contribution is 5.78. The molecule has 1 aromatic rings. The minimum atomic E-state index is 0.215. The molecular weight excluding hydrogens is 310 g/mol. The molecule has 138 valence electrons. The maximum Gasteiger partial charge on any atom is 0.234 e. The smallest absolute Gasteiger partial charge is 0.234 e. The molecule has 1 saturated carbocycles. The summed E-state index contributed by atoms with van der Waals surface area (Å²) >= 11 is 0. The Bertz CT molecular complexity index is 571. The van der Waals surface area contributed by atoms with E-state index in [9.17, 15) is 4.79 Å². The Morgan fingerprint density at radius 3 is 2.40 bits per heavy atom. The van der Waals surface area contributed by atoms with Crippen LogP contribution in [0.25, 0.3) is 0 Å². The molecule has 1 aliphatic heterocycles. The number of anilines is 1. The van der Waals surface area contributed by atoms with Crippen LogP contribution in [0.2, 0.25) is 0 Å². The summed E-state index contributed by atoms with van der Waals surface area (Å²) in [5.74, 6) is 0.215. The van der Waals surface area contributed by atoms with Gasteiger partial charge in [0.05, 0.1) is 6.54 Å². The van der Waals surface area contributed by atoms with Crippen molar-refractivity contribution in [2.24, 2.45) is 0 Å². The van der Waals surface area contributed by atoms with E-state index in [1.165, 1.54) is 42.5 Å². The first-order chi connectivity index (χ1) is 12.1. The third-order valence-corrected chi connectivity index (χ3v) is 5.88. The van der Waals surface area contributed by atoms with Crippen LogP contribution in [-0.4, -0.2) is 49.6 Å². The summed E-state index contributed by atoms with van der Waals surface area (Å²) in [7, 11) is 0. The Kier molecular flexibility index (Phi) is 6.35. The summed E-state index contributed by atoms with van der Waals surface area (Å²) in [6, 6.07) is 6.94. The maximum atomic E-state index is 12.4. The fraction of sp³-hybridized carbons (Fsp3) is 0.667. The van der Waals surface area contributed by atoms with Gasteiger partial charge in [-0.05, 0) is 43.9 Å². The lowest BCUT2D eigenvalue weighted by molar-refractivity contribution is -0.123. The quantitative estimate of drug-likeness (QED) is 0.853. The third kappa shape index (κ3) is 4.97. The van der Waals surface area contributed by atoms with E-state index >= 15 is 0 Å². The highest BCUT2D eigenvalue weighted by atomic mass is 16.2. The van der Waals surface area contributed by atoms with Crippen LogP contribution in [0.5, 0.6) is 0 Å². The van der Waals surface area contributed by atoms with E-state index < -0.39 is 0 Å². The number of piperazine rings is 1. The van der Waals surface area contributed by atoms with Crippen LogP contribution in [0.15, 0.2) is 18.2 Å². The summed E-state index contributed by atoms with van der Waals surface area (Å²) < 4.78 is 0. The normalized spacial score (nSPS) is 20.3. The van der Waals surface area contributed by atoms with Crippen LogP contribution in [0.4, 0.5) is 5.69 Å². The summed E-state index contributed by atoms with van der Waals surface area (Å²) in [5, 5.41) is 3.27. The van der Waals surface area contributed by atoms with E-state index in [0.717, 1.165) is 39.0 Å². The molecular formula is C21H33N3O. The minimum Gasteiger partial charge on any atom is -0.369 e. The molecule has 1 aromatic carbocycles. The van der Waals surface area contributed by atoms with Crippen LogP contribution in [-0.2, 0) is 4.79 Å². The average Bonchev–Trinajstić information content (AvgIpc) is 2.87. The number of hydrogen-bond donors (Lipinski definition) is 1.